The molecule has 0 unspecified atom stereocenters. The Bertz CT molecular complexity index is 1620. The van der Waals surface area contributed by atoms with Gasteiger partial charge in [-0.1, -0.05) is 75.7 Å². The van der Waals surface area contributed by atoms with E-state index in [4.69, 9.17) is 23.7 Å². The molecule has 2 fully saturated rings. The predicted octanol–water partition coefficient (Wildman–Crippen LogP) is 3.86. The molecule has 17 heteroatoms. The summed E-state index contributed by atoms with van der Waals surface area (Å²) in [6.07, 6.45) is -4.28. The molecule has 0 saturated carbocycles. The van der Waals surface area contributed by atoms with E-state index in [9.17, 15) is 24.5 Å². The highest BCUT2D eigenvalue weighted by Crippen LogP contribution is 2.32. The number of amides is 1. The van der Waals surface area contributed by atoms with Gasteiger partial charge in [0.25, 0.3) is 5.09 Å². The van der Waals surface area contributed by atoms with Crippen LogP contribution in [0.2, 0.25) is 0 Å². The van der Waals surface area contributed by atoms with E-state index >= 15 is 0 Å². The van der Waals surface area contributed by atoms with Crippen molar-refractivity contribution in [3.8, 4) is 22.5 Å². The molecule has 3 aromatic rings. The second-order valence-electron chi connectivity index (χ2n) is 12.3. The maximum atomic E-state index is 13.6. The van der Waals surface area contributed by atoms with Crippen molar-refractivity contribution in [2.24, 2.45) is 5.92 Å². The lowest BCUT2D eigenvalue weighted by molar-refractivity contribution is -0.769. The summed E-state index contributed by atoms with van der Waals surface area (Å²) in [5.41, 5.74) is 3.44. The zero-order valence-corrected chi connectivity index (χ0v) is 28.1. The molecule has 2 aliphatic rings. The van der Waals surface area contributed by atoms with Crippen molar-refractivity contribution in [1.82, 2.24) is 25.5 Å². The number of hydrogen-bond donors (Lipinski definition) is 1. The summed E-state index contributed by atoms with van der Waals surface area (Å²) in [6.45, 7) is 6.88. The number of carbonyl (C=O) groups is 3. The molecule has 2 aliphatic heterocycles. The minimum absolute atomic E-state index is 0.0904. The smallest absolute Gasteiger partial charge is 0.426 e. The zero-order valence-electron chi connectivity index (χ0n) is 28.1. The maximum absolute atomic E-state index is 13.6. The second-order valence-corrected chi connectivity index (χ2v) is 12.3. The minimum Gasteiger partial charge on any atom is -0.426 e. The van der Waals surface area contributed by atoms with Gasteiger partial charge in [0.05, 0.1) is 13.2 Å². The summed E-state index contributed by atoms with van der Waals surface area (Å²) in [7, 11) is 0. The minimum atomic E-state index is -1.36. The van der Waals surface area contributed by atoms with Crippen LogP contribution in [0.25, 0.3) is 22.5 Å². The van der Waals surface area contributed by atoms with Crippen LogP contribution < -0.4 is 0 Å². The number of H-pyrrole nitrogens is 1. The number of esters is 1. The number of rotatable bonds is 15. The number of aromatic nitrogens is 4. The molecule has 0 radical (unpaired) electrons. The fourth-order valence-corrected chi connectivity index (χ4v) is 6.05. The number of fused-ring (bicyclic) bond motifs is 1. The van der Waals surface area contributed by atoms with E-state index in [0.29, 0.717) is 12.2 Å². The highest BCUT2D eigenvalue weighted by atomic mass is 17.0. The number of aromatic amines is 1. The molecule has 2 saturated heterocycles. The largest absolute Gasteiger partial charge is 0.511 e. The lowest BCUT2D eigenvalue weighted by Crippen LogP contribution is -2.49. The number of nitrogens with one attached hydrogen (secondary N) is 1. The molecule has 5 rings (SSSR count). The van der Waals surface area contributed by atoms with Gasteiger partial charge >= 0.3 is 12.1 Å². The van der Waals surface area contributed by atoms with E-state index in [1.165, 1.54) is 11.8 Å². The van der Waals surface area contributed by atoms with Crippen LogP contribution in [0, 0.1) is 16.0 Å². The van der Waals surface area contributed by atoms with E-state index in [0.717, 1.165) is 28.7 Å². The van der Waals surface area contributed by atoms with Crippen molar-refractivity contribution in [2.75, 3.05) is 13.2 Å². The molecular formula is C33H40N6O11. The summed E-state index contributed by atoms with van der Waals surface area (Å²) in [5, 5.41) is 24.0. The number of nitrogens with zero attached hydrogens (tertiary/aromatic N) is 5. The first-order valence-corrected chi connectivity index (χ1v) is 16.4. The van der Waals surface area contributed by atoms with Crippen molar-refractivity contribution in [3.05, 3.63) is 64.2 Å². The molecular weight excluding hydrogens is 656 g/mol. The van der Waals surface area contributed by atoms with Crippen LogP contribution in [0.1, 0.15) is 52.5 Å². The molecule has 1 N–H and O–H groups in total. The second kappa shape index (κ2) is 16.5. The van der Waals surface area contributed by atoms with Crippen LogP contribution in [0.5, 0.6) is 0 Å². The van der Waals surface area contributed by atoms with Crippen LogP contribution in [0.15, 0.2) is 48.5 Å². The van der Waals surface area contributed by atoms with E-state index in [1.54, 1.807) is 13.8 Å². The Morgan fingerprint density at radius 3 is 2.32 bits per heavy atom. The van der Waals surface area contributed by atoms with Gasteiger partial charge in [0, 0.05) is 25.5 Å². The van der Waals surface area contributed by atoms with E-state index in [-0.39, 0.29) is 38.0 Å². The maximum Gasteiger partial charge on any atom is 0.511 e. The zero-order chi connectivity index (χ0) is 35.8. The van der Waals surface area contributed by atoms with Crippen LogP contribution in [0.4, 0.5) is 4.79 Å². The van der Waals surface area contributed by atoms with Gasteiger partial charge in [-0.15, -0.1) is 15.2 Å². The normalized spacial score (nSPS) is 20.8. The van der Waals surface area contributed by atoms with Gasteiger partial charge in [-0.3, -0.25) is 4.79 Å². The fourth-order valence-electron chi connectivity index (χ4n) is 6.05. The first kappa shape index (κ1) is 36.1. The Kier molecular flexibility index (Phi) is 11.9. The van der Waals surface area contributed by atoms with E-state index in [1.807, 2.05) is 55.5 Å². The third-order valence-electron chi connectivity index (χ3n) is 8.39. The van der Waals surface area contributed by atoms with Crippen molar-refractivity contribution in [2.45, 2.75) is 90.2 Å². The standard InChI is InChI=1S/C33H40N6O11/c1-5-6-11-27(40)38(16-21-12-14-22(15-13-21)23-9-7-8-10-24(23)31-34-36-37-35-31)28(19(2)3)32(41)47-20(4)48-33(42)49-25-17-45-30-26(50-39(43)44)18-46-29(25)30/h7-10,12-15,19-20,25-26,28-30H,5-6,11,16-18H2,1-4H3,(H,34,35,36,37)/t20-,25-,26+,28-,29+,30+/m0/s1. The summed E-state index contributed by atoms with van der Waals surface area (Å²) >= 11 is 0. The molecule has 1 aromatic heterocycles. The Morgan fingerprint density at radius 1 is 1.00 bits per heavy atom. The number of benzene rings is 2. The average molecular weight is 697 g/mol. The molecule has 2 aromatic carbocycles. The summed E-state index contributed by atoms with van der Waals surface area (Å²) in [4.78, 5) is 56.6. The SMILES string of the molecule is CCCCC(=O)N(Cc1ccc(-c2ccccc2-c2nnn[nH]2)cc1)[C@H](C(=O)O[C@H](C)OC(=O)O[C@H]1CO[C@H]2[C@@H]1OC[C@H]2O[N+](=O)[O-])C(C)C. The summed E-state index contributed by atoms with van der Waals surface area (Å²) in [6, 6.07) is 14.4. The van der Waals surface area contributed by atoms with Crippen molar-refractivity contribution in [3.63, 3.8) is 0 Å². The third kappa shape index (κ3) is 8.70. The first-order chi connectivity index (χ1) is 24.0. The summed E-state index contributed by atoms with van der Waals surface area (Å²) < 4.78 is 27.0. The highest BCUT2D eigenvalue weighted by Gasteiger charge is 2.51. The highest BCUT2D eigenvalue weighted by molar-refractivity contribution is 5.85. The van der Waals surface area contributed by atoms with E-state index < -0.39 is 54.0 Å². The van der Waals surface area contributed by atoms with Gasteiger partial charge < -0.3 is 33.4 Å². The molecule has 17 nitrogen and oxygen atoms in total. The number of ether oxygens (including phenoxy) is 5. The van der Waals surface area contributed by atoms with Crippen LogP contribution in [0.3, 0.4) is 0 Å². The number of carbonyl (C=O) groups excluding carboxylic acids is 3. The Labute approximate surface area is 287 Å². The van der Waals surface area contributed by atoms with Crippen molar-refractivity contribution in [1.29, 1.82) is 0 Å². The number of unbranched alkanes of at least 4 members (excludes halogenated alkanes) is 1. The first-order valence-electron chi connectivity index (χ1n) is 16.4. The van der Waals surface area contributed by atoms with Gasteiger partial charge in [0.1, 0.15) is 18.2 Å². The lowest BCUT2D eigenvalue weighted by atomic mass is 9.97. The van der Waals surface area contributed by atoms with Gasteiger partial charge in [-0.05, 0) is 39.5 Å². The molecule has 3 heterocycles. The molecule has 268 valence electrons. The Balaban J connectivity index is 1.24. The van der Waals surface area contributed by atoms with Crippen molar-refractivity contribution < 1.29 is 48.0 Å². The molecule has 6 atom stereocenters. The number of hydrogen-bond acceptors (Lipinski definition) is 14. The quantitative estimate of drug-likeness (QED) is 0.104. The van der Waals surface area contributed by atoms with Gasteiger partial charge in [-0.2, -0.15) is 0 Å². The fraction of sp³-hybridized carbons (Fsp3) is 0.515. The predicted molar refractivity (Wildman–Crippen MR) is 172 cm³/mol. The lowest BCUT2D eigenvalue weighted by Gasteiger charge is -2.33. The average Bonchev–Trinajstić information content (AvgIpc) is 3.84. The Hall–Kier alpha value is -5.16. The van der Waals surface area contributed by atoms with Gasteiger partial charge in [0.2, 0.25) is 12.2 Å². The molecule has 50 heavy (non-hydrogen) atoms. The van der Waals surface area contributed by atoms with Crippen LogP contribution in [-0.4, -0.2) is 98.6 Å². The monoisotopic (exact) mass is 696 g/mol. The molecule has 0 aliphatic carbocycles. The number of tetrazole rings is 1. The third-order valence-corrected chi connectivity index (χ3v) is 8.39. The molecule has 1 amide bonds. The van der Waals surface area contributed by atoms with Crippen LogP contribution in [-0.2, 0) is 44.7 Å². The molecule has 0 bridgehead atoms. The molecule has 0 spiro atoms. The van der Waals surface area contributed by atoms with Gasteiger partial charge in [0.15, 0.2) is 18.0 Å². The topological polar surface area (TPSA) is 207 Å². The van der Waals surface area contributed by atoms with Crippen molar-refractivity contribution >= 4 is 18.0 Å². The summed E-state index contributed by atoms with van der Waals surface area (Å²) in [5.74, 6) is -0.783. The van der Waals surface area contributed by atoms with E-state index in [2.05, 4.69) is 25.5 Å². The Morgan fingerprint density at radius 2 is 1.68 bits per heavy atom. The van der Waals surface area contributed by atoms with Gasteiger partial charge in [-0.25, -0.2) is 14.7 Å². The van der Waals surface area contributed by atoms with Crippen LogP contribution >= 0.6 is 0 Å².